The van der Waals surface area contributed by atoms with Gasteiger partial charge in [-0.1, -0.05) is 12.1 Å². The number of rotatable bonds is 9. The average molecular weight is 493 g/mol. The molecule has 0 aliphatic carbocycles. The van der Waals surface area contributed by atoms with Crippen LogP contribution in [0.25, 0.3) is 0 Å². The first-order valence-corrected chi connectivity index (χ1v) is 9.61. The zero-order valence-corrected chi connectivity index (χ0v) is 18.8. The van der Waals surface area contributed by atoms with Crippen molar-refractivity contribution in [3.05, 3.63) is 35.1 Å². The number of hydrogen-bond acceptors (Lipinski definition) is 3. The summed E-state index contributed by atoms with van der Waals surface area (Å²) in [7, 11) is 0. The number of nitrogens with one attached hydrogen (secondary N) is 2. The summed E-state index contributed by atoms with van der Waals surface area (Å²) in [6.07, 6.45) is 3.14. The zero-order chi connectivity index (χ0) is 18.6. The Labute approximate surface area is 179 Å². The Morgan fingerprint density at radius 1 is 1.30 bits per heavy atom. The standard InChI is InChI=1S/C20H32FN3O2.HI/c1-3-22-20(24-14-18-6-5-16(2)19(21)13-18)23-9-4-10-26-15-17-7-11-25-12-8-17;/h5-6,13,17H,3-4,7-12,14-15H2,1-2H3,(H2,22,23,24);1H. The molecule has 0 amide bonds. The Balaban J connectivity index is 0.00000364. The summed E-state index contributed by atoms with van der Waals surface area (Å²) in [5.74, 6) is 1.21. The SMILES string of the molecule is CCNC(=NCc1ccc(C)c(F)c1)NCCCOCC1CCOCC1.I. The molecule has 0 saturated carbocycles. The van der Waals surface area contributed by atoms with Crippen LogP contribution in [-0.2, 0) is 16.0 Å². The second-order valence-electron chi connectivity index (χ2n) is 6.69. The average Bonchev–Trinajstić information content (AvgIpc) is 2.66. The molecular weight excluding hydrogens is 460 g/mol. The van der Waals surface area contributed by atoms with E-state index in [0.717, 1.165) is 70.3 Å². The maximum absolute atomic E-state index is 13.6. The highest BCUT2D eigenvalue weighted by Crippen LogP contribution is 2.14. The van der Waals surface area contributed by atoms with E-state index in [2.05, 4.69) is 15.6 Å². The van der Waals surface area contributed by atoms with Crippen molar-refractivity contribution >= 4 is 29.9 Å². The van der Waals surface area contributed by atoms with Crippen LogP contribution >= 0.6 is 24.0 Å². The highest BCUT2D eigenvalue weighted by atomic mass is 127. The lowest BCUT2D eigenvalue weighted by Gasteiger charge is -2.21. The molecule has 1 aromatic carbocycles. The zero-order valence-electron chi connectivity index (χ0n) is 16.4. The van der Waals surface area contributed by atoms with Crippen LogP contribution in [0.15, 0.2) is 23.2 Å². The molecule has 1 heterocycles. The quantitative estimate of drug-likeness (QED) is 0.239. The van der Waals surface area contributed by atoms with Gasteiger partial charge < -0.3 is 20.1 Å². The molecular formula is C20H33FIN3O2. The Morgan fingerprint density at radius 3 is 2.78 bits per heavy atom. The van der Waals surface area contributed by atoms with Crippen molar-refractivity contribution in [2.75, 3.05) is 39.5 Å². The third-order valence-electron chi connectivity index (χ3n) is 4.45. The molecule has 7 heteroatoms. The molecule has 1 saturated heterocycles. The molecule has 1 aromatic rings. The van der Waals surface area contributed by atoms with E-state index in [1.165, 1.54) is 0 Å². The molecule has 0 atom stereocenters. The van der Waals surface area contributed by atoms with Crippen molar-refractivity contribution in [1.29, 1.82) is 0 Å². The smallest absolute Gasteiger partial charge is 0.191 e. The van der Waals surface area contributed by atoms with Crippen molar-refractivity contribution < 1.29 is 13.9 Å². The van der Waals surface area contributed by atoms with Crippen LogP contribution in [-0.4, -0.2) is 45.5 Å². The number of aliphatic imine (C=N–C) groups is 1. The van der Waals surface area contributed by atoms with Gasteiger partial charge in [0.15, 0.2) is 5.96 Å². The van der Waals surface area contributed by atoms with Gasteiger partial charge in [0.2, 0.25) is 0 Å². The highest BCUT2D eigenvalue weighted by molar-refractivity contribution is 14.0. The summed E-state index contributed by atoms with van der Waals surface area (Å²) in [6.45, 7) is 9.12. The van der Waals surface area contributed by atoms with E-state index in [1.54, 1.807) is 19.1 Å². The number of ether oxygens (including phenoxy) is 2. The minimum Gasteiger partial charge on any atom is -0.381 e. The van der Waals surface area contributed by atoms with Crippen LogP contribution in [0, 0.1) is 18.7 Å². The second kappa shape index (κ2) is 14.1. The van der Waals surface area contributed by atoms with Crippen LogP contribution < -0.4 is 10.6 Å². The molecule has 27 heavy (non-hydrogen) atoms. The van der Waals surface area contributed by atoms with E-state index in [0.29, 0.717) is 18.0 Å². The van der Waals surface area contributed by atoms with Gasteiger partial charge in [0.1, 0.15) is 5.82 Å². The molecule has 1 aliphatic rings. The maximum atomic E-state index is 13.6. The normalized spacial score (nSPS) is 15.3. The number of hydrogen-bond donors (Lipinski definition) is 2. The van der Waals surface area contributed by atoms with Crippen LogP contribution in [0.2, 0.25) is 0 Å². The fraction of sp³-hybridized carbons (Fsp3) is 0.650. The van der Waals surface area contributed by atoms with Gasteiger partial charge in [-0.15, -0.1) is 24.0 Å². The van der Waals surface area contributed by atoms with Gasteiger partial charge in [-0.25, -0.2) is 9.38 Å². The summed E-state index contributed by atoms with van der Waals surface area (Å²) in [6, 6.07) is 5.25. The van der Waals surface area contributed by atoms with Crippen LogP contribution in [0.1, 0.15) is 37.3 Å². The van der Waals surface area contributed by atoms with Gasteiger partial charge in [0, 0.05) is 39.5 Å². The molecule has 0 spiro atoms. The number of nitrogens with zero attached hydrogens (tertiary/aromatic N) is 1. The lowest BCUT2D eigenvalue weighted by molar-refractivity contribution is 0.0203. The summed E-state index contributed by atoms with van der Waals surface area (Å²) >= 11 is 0. The Hall–Kier alpha value is -0.930. The van der Waals surface area contributed by atoms with Crippen molar-refractivity contribution in [3.8, 4) is 0 Å². The summed E-state index contributed by atoms with van der Waals surface area (Å²) in [5.41, 5.74) is 1.52. The maximum Gasteiger partial charge on any atom is 0.191 e. The Kier molecular flexibility index (Phi) is 12.6. The lowest BCUT2D eigenvalue weighted by atomic mass is 10.0. The second-order valence-corrected chi connectivity index (χ2v) is 6.69. The molecule has 1 aliphatic heterocycles. The Bertz CT molecular complexity index is 566. The summed E-state index contributed by atoms with van der Waals surface area (Å²) in [5, 5.41) is 6.51. The van der Waals surface area contributed by atoms with E-state index in [4.69, 9.17) is 9.47 Å². The summed E-state index contributed by atoms with van der Waals surface area (Å²) in [4.78, 5) is 4.52. The number of guanidine groups is 1. The van der Waals surface area contributed by atoms with Crippen LogP contribution in [0.3, 0.4) is 0 Å². The minimum atomic E-state index is -0.183. The van der Waals surface area contributed by atoms with Gasteiger partial charge in [-0.3, -0.25) is 0 Å². The molecule has 0 radical (unpaired) electrons. The van der Waals surface area contributed by atoms with E-state index >= 15 is 0 Å². The van der Waals surface area contributed by atoms with Crippen LogP contribution in [0.5, 0.6) is 0 Å². The van der Waals surface area contributed by atoms with E-state index in [9.17, 15) is 4.39 Å². The fourth-order valence-corrected chi connectivity index (χ4v) is 2.79. The predicted molar refractivity (Wildman–Crippen MR) is 118 cm³/mol. The molecule has 154 valence electrons. The molecule has 0 aromatic heterocycles. The molecule has 1 fully saturated rings. The summed E-state index contributed by atoms with van der Waals surface area (Å²) < 4.78 is 24.7. The van der Waals surface area contributed by atoms with Gasteiger partial charge >= 0.3 is 0 Å². The van der Waals surface area contributed by atoms with Crippen molar-refractivity contribution in [2.24, 2.45) is 10.9 Å². The van der Waals surface area contributed by atoms with Crippen LogP contribution in [0.4, 0.5) is 4.39 Å². The van der Waals surface area contributed by atoms with E-state index < -0.39 is 0 Å². The third-order valence-corrected chi connectivity index (χ3v) is 4.45. The number of aryl methyl sites for hydroxylation is 1. The first-order valence-electron chi connectivity index (χ1n) is 9.61. The van der Waals surface area contributed by atoms with Gasteiger partial charge in [0.25, 0.3) is 0 Å². The molecule has 5 nitrogen and oxygen atoms in total. The molecule has 2 rings (SSSR count). The van der Waals surface area contributed by atoms with Crippen molar-refractivity contribution in [3.63, 3.8) is 0 Å². The predicted octanol–water partition coefficient (Wildman–Crippen LogP) is 3.64. The van der Waals surface area contributed by atoms with E-state index in [1.807, 2.05) is 13.0 Å². The fourth-order valence-electron chi connectivity index (χ4n) is 2.79. The third kappa shape index (κ3) is 9.71. The minimum absolute atomic E-state index is 0. The highest BCUT2D eigenvalue weighted by Gasteiger charge is 2.13. The first-order chi connectivity index (χ1) is 12.7. The van der Waals surface area contributed by atoms with E-state index in [-0.39, 0.29) is 29.8 Å². The monoisotopic (exact) mass is 493 g/mol. The van der Waals surface area contributed by atoms with Gasteiger partial charge in [0.05, 0.1) is 6.54 Å². The number of halogens is 2. The topological polar surface area (TPSA) is 54.9 Å². The van der Waals surface area contributed by atoms with Crippen molar-refractivity contribution in [1.82, 2.24) is 10.6 Å². The van der Waals surface area contributed by atoms with Crippen molar-refractivity contribution in [2.45, 2.75) is 39.7 Å². The molecule has 2 N–H and O–H groups in total. The largest absolute Gasteiger partial charge is 0.381 e. The Morgan fingerprint density at radius 2 is 2.07 bits per heavy atom. The molecule has 0 unspecified atom stereocenters. The number of benzene rings is 1. The first kappa shape index (κ1) is 24.1. The van der Waals surface area contributed by atoms with Gasteiger partial charge in [-0.2, -0.15) is 0 Å². The van der Waals surface area contributed by atoms with Gasteiger partial charge in [-0.05, 0) is 56.2 Å². The molecule has 0 bridgehead atoms. The lowest BCUT2D eigenvalue weighted by Crippen LogP contribution is -2.38.